The van der Waals surface area contributed by atoms with Gasteiger partial charge in [-0.1, -0.05) is 32.0 Å². The first-order valence-electron chi connectivity index (χ1n) is 12.7. The van der Waals surface area contributed by atoms with E-state index in [0.29, 0.717) is 38.5 Å². The van der Waals surface area contributed by atoms with Gasteiger partial charge < -0.3 is 15.1 Å². The SMILES string of the molecule is CC(C)CC(=O)N1CCCNC(=O)[C@@H]2C[C@@H]3CCCN3[C@@]23C(=O)N(CCC1)c1ccccc13. The molecule has 0 saturated carbocycles. The highest BCUT2D eigenvalue weighted by Gasteiger charge is 2.66. The van der Waals surface area contributed by atoms with Gasteiger partial charge in [0.2, 0.25) is 11.8 Å². The zero-order valence-corrected chi connectivity index (χ0v) is 19.9. The zero-order chi connectivity index (χ0) is 23.2. The lowest BCUT2D eigenvalue weighted by Gasteiger charge is -2.37. The molecule has 1 spiro atoms. The maximum Gasteiger partial charge on any atom is 0.253 e. The predicted molar refractivity (Wildman–Crippen MR) is 127 cm³/mol. The number of nitrogens with one attached hydrogen (secondary N) is 1. The number of hydrogen-bond donors (Lipinski definition) is 1. The van der Waals surface area contributed by atoms with Crippen molar-refractivity contribution in [3.05, 3.63) is 29.8 Å². The lowest BCUT2D eigenvalue weighted by molar-refractivity contribution is -0.138. The van der Waals surface area contributed by atoms with Crippen molar-refractivity contribution in [3.8, 4) is 0 Å². The number of fused-ring (bicyclic) bond motifs is 4. The molecule has 178 valence electrons. The van der Waals surface area contributed by atoms with Crippen molar-refractivity contribution in [2.24, 2.45) is 11.8 Å². The number of hydrogen-bond acceptors (Lipinski definition) is 4. The Hall–Kier alpha value is -2.41. The fourth-order valence-corrected chi connectivity index (χ4v) is 6.65. The average molecular weight is 453 g/mol. The van der Waals surface area contributed by atoms with Gasteiger partial charge in [0.05, 0.1) is 5.92 Å². The summed E-state index contributed by atoms with van der Waals surface area (Å²) in [6.45, 7) is 7.34. The predicted octanol–water partition coefficient (Wildman–Crippen LogP) is 2.50. The summed E-state index contributed by atoms with van der Waals surface area (Å²) in [5.74, 6) is 0.121. The summed E-state index contributed by atoms with van der Waals surface area (Å²) in [7, 11) is 0. The van der Waals surface area contributed by atoms with Crippen LogP contribution in [0.5, 0.6) is 0 Å². The Morgan fingerprint density at radius 2 is 1.88 bits per heavy atom. The Morgan fingerprint density at radius 3 is 2.70 bits per heavy atom. The molecule has 7 heteroatoms. The highest BCUT2D eigenvalue weighted by atomic mass is 16.2. The molecule has 0 aromatic heterocycles. The minimum atomic E-state index is -0.886. The van der Waals surface area contributed by atoms with Crippen molar-refractivity contribution in [2.75, 3.05) is 37.6 Å². The topological polar surface area (TPSA) is 73.0 Å². The average Bonchev–Trinajstić information content (AvgIpc) is 3.43. The Balaban J connectivity index is 1.51. The largest absolute Gasteiger partial charge is 0.356 e. The third-order valence-electron chi connectivity index (χ3n) is 7.98. The molecule has 1 aromatic carbocycles. The minimum absolute atomic E-state index is 0.0197. The van der Waals surface area contributed by atoms with Crippen LogP contribution in [0.1, 0.15) is 57.9 Å². The van der Waals surface area contributed by atoms with Gasteiger partial charge in [-0.2, -0.15) is 0 Å². The molecule has 3 atom stereocenters. The van der Waals surface area contributed by atoms with E-state index in [4.69, 9.17) is 0 Å². The molecule has 0 aliphatic carbocycles. The van der Waals surface area contributed by atoms with Gasteiger partial charge in [0.1, 0.15) is 5.54 Å². The summed E-state index contributed by atoms with van der Waals surface area (Å²) in [5.41, 5.74) is 1.04. The van der Waals surface area contributed by atoms with Crippen LogP contribution >= 0.6 is 0 Å². The second-order valence-electron chi connectivity index (χ2n) is 10.5. The summed E-state index contributed by atoms with van der Waals surface area (Å²) in [5, 5.41) is 3.14. The second kappa shape index (κ2) is 8.75. The Morgan fingerprint density at radius 1 is 1.09 bits per heavy atom. The molecule has 3 amide bonds. The van der Waals surface area contributed by atoms with Crippen molar-refractivity contribution >= 4 is 23.4 Å². The van der Waals surface area contributed by atoms with Gasteiger partial charge in [-0.25, -0.2) is 0 Å². The van der Waals surface area contributed by atoms with Crippen molar-refractivity contribution in [1.29, 1.82) is 0 Å². The zero-order valence-electron chi connectivity index (χ0n) is 19.9. The van der Waals surface area contributed by atoms with E-state index in [2.05, 4.69) is 30.1 Å². The molecule has 0 radical (unpaired) electrons. The standard InChI is InChI=1S/C26H36N4O3/c1-18(2)16-23(31)28-12-6-11-27-24(32)21-17-19-8-5-15-30(19)26(21)20-9-3-4-10-22(20)29(25(26)33)14-7-13-28/h3-4,9-10,18-19,21H,5-8,11-17H2,1-2H3,(H,27,32)/t19-,21-,26+/m0/s1. The second-order valence-corrected chi connectivity index (χ2v) is 10.5. The first-order chi connectivity index (χ1) is 15.9. The van der Waals surface area contributed by atoms with Crippen molar-refractivity contribution in [3.63, 3.8) is 0 Å². The van der Waals surface area contributed by atoms with Gasteiger partial charge in [-0.05, 0) is 50.6 Å². The van der Waals surface area contributed by atoms with Gasteiger partial charge in [0.15, 0.2) is 0 Å². The maximum atomic E-state index is 14.2. The van der Waals surface area contributed by atoms with E-state index in [-0.39, 0.29) is 29.7 Å². The highest BCUT2D eigenvalue weighted by Crippen LogP contribution is 2.57. The van der Waals surface area contributed by atoms with Gasteiger partial charge in [-0.3, -0.25) is 19.3 Å². The van der Waals surface area contributed by atoms with E-state index in [1.807, 2.05) is 28.0 Å². The van der Waals surface area contributed by atoms with E-state index in [9.17, 15) is 14.4 Å². The maximum absolute atomic E-state index is 14.2. The van der Waals surface area contributed by atoms with Crippen molar-refractivity contribution in [1.82, 2.24) is 15.1 Å². The molecule has 1 N–H and O–H groups in total. The number of para-hydroxylation sites is 1. The van der Waals surface area contributed by atoms with Crippen LogP contribution in [0.15, 0.2) is 24.3 Å². The number of benzene rings is 1. The molecule has 5 rings (SSSR count). The molecule has 33 heavy (non-hydrogen) atoms. The molecule has 2 bridgehead atoms. The minimum Gasteiger partial charge on any atom is -0.356 e. The fraction of sp³-hybridized carbons (Fsp3) is 0.654. The molecule has 7 nitrogen and oxygen atoms in total. The third kappa shape index (κ3) is 3.56. The molecule has 0 unspecified atom stereocenters. The quantitative estimate of drug-likeness (QED) is 0.748. The first-order valence-corrected chi connectivity index (χ1v) is 12.7. The molecule has 4 aliphatic heterocycles. The normalized spacial score (nSPS) is 30.3. The summed E-state index contributed by atoms with van der Waals surface area (Å²) in [4.78, 5) is 46.8. The summed E-state index contributed by atoms with van der Waals surface area (Å²) in [6.07, 6.45) is 4.85. The van der Waals surface area contributed by atoms with Crippen LogP contribution in [0, 0.1) is 11.8 Å². The molecule has 3 saturated heterocycles. The number of anilines is 1. The van der Waals surface area contributed by atoms with E-state index in [0.717, 1.165) is 49.9 Å². The van der Waals surface area contributed by atoms with Gasteiger partial charge in [-0.15, -0.1) is 0 Å². The fourth-order valence-electron chi connectivity index (χ4n) is 6.65. The first kappa shape index (κ1) is 22.4. The Labute approximate surface area is 196 Å². The number of rotatable bonds is 2. The van der Waals surface area contributed by atoms with E-state index < -0.39 is 5.54 Å². The van der Waals surface area contributed by atoms with Crippen molar-refractivity contribution < 1.29 is 14.4 Å². The van der Waals surface area contributed by atoms with Gasteiger partial charge in [0, 0.05) is 49.9 Å². The van der Waals surface area contributed by atoms with Crippen molar-refractivity contribution in [2.45, 2.75) is 64.0 Å². The number of carbonyl (C=O) groups is 3. The molecule has 3 fully saturated rings. The molecule has 4 heterocycles. The molecular weight excluding hydrogens is 416 g/mol. The molecular formula is C26H36N4O3. The van der Waals surface area contributed by atoms with Crippen LogP contribution in [0.25, 0.3) is 0 Å². The van der Waals surface area contributed by atoms with Crippen LogP contribution in [-0.4, -0.2) is 66.3 Å². The van der Waals surface area contributed by atoms with Crippen LogP contribution in [-0.2, 0) is 19.9 Å². The Kier molecular flexibility index (Phi) is 5.93. The monoisotopic (exact) mass is 452 g/mol. The molecule has 1 aromatic rings. The number of nitrogens with zero attached hydrogens (tertiary/aromatic N) is 3. The number of amides is 3. The van der Waals surface area contributed by atoms with E-state index in [1.54, 1.807) is 0 Å². The van der Waals surface area contributed by atoms with Crippen LogP contribution < -0.4 is 10.2 Å². The summed E-state index contributed by atoms with van der Waals surface area (Å²) in [6, 6.07) is 8.33. The van der Waals surface area contributed by atoms with E-state index in [1.165, 1.54) is 0 Å². The van der Waals surface area contributed by atoms with E-state index >= 15 is 0 Å². The smallest absolute Gasteiger partial charge is 0.253 e. The summed E-state index contributed by atoms with van der Waals surface area (Å²) >= 11 is 0. The highest BCUT2D eigenvalue weighted by molar-refractivity contribution is 6.10. The number of carbonyl (C=O) groups excluding carboxylic acids is 3. The van der Waals surface area contributed by atoms with Crippen LogP contribution in [0.4, 0.5) is 5.69 Å². The van der Waals surface area contributed by atoms with Crippen LogP contribution in [0.2, 0.25) is 0 Å². The van der Waals surface area contributed by atoms with Gasteiger partial charge in [0.25, 0.3) is 5.91 Å². The van der Waals surface area contributed by atoms with Gasteiger partial charge >= 0.3 is 0 Å². The lowest BCUT2D eigenvalue weighted by Crippen LogP contribution is -2.56. The summed E-state index contributed by atoms with van der Waals surface area (Å²) < 4.78 is 0. The third-order valence-corrected chi connectivity index (χ3v) is 7.98. The lowest BCUT2D eigenvalue weighted by atomic mass is 9.78. The van der Waals surface area contributed by atoms with Crippen LogP contribution in [0.3, 0.4) is 0 Å². The Bertz CT molecular complexity index is 947. The molecule has 4 aliphatic rings.